The number of nitrogens with zero attached hydrogens (tertiary/aromatic N) is 2. The molecule has 1 amide bonds. The van der Waals surface area contributed by atoms with Crippen LogP contribution in [0.1, 0.15) is 21.1 Å². The summed E-state index contributed by atoms with van der Waals surface area (Å²) in [5.41, 5.74) is 1.74. The molecule has 5 heteroatoms. The molecule has 0 unspecified atom stereocenters. The van der Waals surface area contributed by atoms with Gasteiger partial charge >= 0.3 is 0 Å². The Morgan fingerprint density at radius 3 is 2.75 bits per heavy atom. The molecule has 1 heterocycles. The quantitative estimate of drug-likeness (QED) is 0.885. The van der Waals surface area contributed by atoms with Crippen LogP contribution < -0.4 is 0 Å². The number of hydrogen-bond acceptors (Lipinski definition) is 4. The molecule has 2 rings (SSSR count). The van der Waals surface area contributed by atoms with Crippen LogP contribution in [0.25, 0.3) is 0 Å². The molecular weight excluding hydrogens is 272 g/mol. The Balaban J connectivity index is 1.94. The van der Waals surface area contributed by atoms with E-state index in [0.717, 1.165) is 17.8 Å². The predicted molar refractivity (Wildman–Crippen MR) is 80.0 cm³/mol. The van der Waals surface area contributed by atoms with Gasteiger partial charge < -0.3 is 10.0 Å². The van der Waals surface area contributed by atoms with Crippen molar-refractivity contribution in [3.8, 4) is 0 Å². The number of carbonyl (C=O) groups excluding carboxylic acids is 1. The summed E-state index contributed by atoms with van der Waals surface area (Å²) in [6, 6.07) is 10.2. The van der Waals surface area contributed by atoms with Gasteiger partial charge in [0.05, 0.1) is 11.6 Å². The van der Waals surface area contributed by atoms with E-state index in [2.05, 4.69) is 17.1 Å². The Hall–Kier alpha value is -1.72. The first-order valence-corrected chi connectivity index (χ1v) is 7.43. The molecular formula is C15H18N2O2S. The zero-order valence-corrected chi connectivity index (χ0v) is 12.3. The highest BCUT2D eigenvalue weighted by Gasteiger charge is 2.14. The second kappa shape index (κ2) is 7.17. The number of rotatable bonds is 6. The molecule has 0 aliphatic carbocycles. The molecule has 2 aromatic rings. The van der Waals surface area contributed by atoms with Crippen molar-refractivity contribution in [2.75, 3.05) is 20.2 Å². The molecule has 0 spiro atoms. The molecule has 0 aliphatic heterocycles. The zero-order valence-electron chi connectivity index (χ0n) is 11.5. The van der Waals surface area contributed by atoms with Crippen LogP contribution in [0.15, 0.2) is 35.7 Å². The standard InChI is InChI=1S/C15H18N2O2S/c1-17(9-10-18)15(19)13-11-20-14(16-13)8-7-12-5-3-2-4-6-12/h2-6,11,18H,7-10H2,1H3. The SMILES string of the molecule is CN(CCO)C(=O)c1csc(CCc2ccccc2)n1. The van der Waals surface area contributed by atoms with E-state index >= 15 is 0 Å². The van der Waals surface area contributed by atoms with Crippen molar-refractivity contribution in [3.05, 3.63) is 52.0 Å². The molecule has 0 saturated carbocycles. The lowest BCUT2D eigenvalue weighted by atomic mass is 10.1. The minimum Gasteiger partial charge on any atom is -0.395 e. The van der Waals surface area contributed by atoms with E-state index in [-0.39, 0.29) is 12.5 Å². The smallest absolute Gasteiger partial charge is 0.273 e. The molecule has 0 bridgehead atoms. The van der Waals surface area contributed by atoms with Crippen LogP contribution in [-0.2, 0) is 12.8 Å². The number of aliphatic hydroxyl groups is 1. The Bertz CT molecular complexity index is 554. The second-order valence-electron chi connectivity index (χ2n) is 4.56. The Labute approximate surface area is 122 Å². The highest BCUT2D eigenvalue weighted by molar-refractivity contribution is 7.09. The maximum atomic E-state index is 12.0. The summed E-state index contributed by atoms with van der Waals surface area (Å²) in [7, 11) is 1.67. The third-order valence-corrected chi connectivity index (χ3v) is 3.93. The minimum atomic E-state index is -0.138. The monoisotopic (exact) mass is 290 g/mol. The topological polar surface area (TPSA) is 53.4 Å². The zero-order chi connectivity index (χ0) is 14.4. The Morgan fingerprint density at radius 1 is 1.30 bits per heavy atom. The van der Waals surface area contributed by atoms with E-state index in [9.17, 15) is 4.79 Å². The number of aryl methyl sites for hydroxylation is 2. The summed E-state index contributed by atoms with van der Waals surface area (Å²) in [5.74, 6) is -0.138. The van der Waals surface area contributed by atoms with Gasteiger partial charge in [0.1, 0.15) is 5.69 Å². The highest BCUT2D eigenvalue weighted by atomic mass is 32.1. The lowest BCUT2D eigenvalue weighted by Gasteiger charge is -2.13. The molecule has 1 aromatic heterocycles. The predicted octanol–water partition coefficient (Wildman–Crippen LogP) is 1.99. The van der Waals surface area contributed by atoms with Crippen molar-refractivity contribution in [1.29, 1.82) is 0 Å². The van der Waals surface area contributed by atoms with Crippen molar-refractivity contribution in [3.63, 3.8) is 0 Å². The molecule has 1 aromatic carbocycles. The van der Waals surface area contributed by atoms with Crippen LogP contribution in [0.5, 0.6) is 0 Å². The summed E-state index contributed by atoms with van der Waals surface area (Å²) in [4.78, 5) is 17.8. The normalized spacial score (nSPS) is 10.5. The van der Waals surface area contributed by atoms with Gasteiger partial charge in [-0.1, -0.05) is 30.3 Å². The maximum Gasteiger partial charge on any atom is 0.273 e. The lowest BCUT2D eigenvalue weighted by molar-refractivity contribution is 0.0762. The van der Waals surface area contributed by atoms with Crippen LogP contribution in [0.2, 0.25) is 0 Å². The molecule has 0 saturated heterocycles. The summed E-state index contributed by atoms with van der Waals surface area (Å²) in [6.07, 6.45) is 1.76. The number of hydrogen-bond donors (Lipinski definition) is 1. The van der Waals surface area contributed by atoms with E-state index in [1.807, 2.05) is 18.2 Å². The fourth-order valence-corrected chi connectivity index (χ4v) is 2.64. The van der Waals surface area contributed by atoms with Crippen LogP contribution in [0, 0.1) is 0 Å². The van der Waals surface area contributed by atoms with Crippen molar-refractivity contribution in [2.45, 2.75) is 12.8 Å². The number of carbonyl (C=O) groups is 1. The van der Waals surface area contributed by atoms with Crippen LogP contribution in [0.4, 0.5) is 0 Å². The van der Waals surface area contributed by atoms with E-state index < -0.39 is 0 Å². The third-order valence-electron chi connectivity index (χ3n) is 3.02. The fraction of sp³-hybridized carbons (Fsp3) is 0.333. The number of aliphatic hydroxyl groups excluding tert-OH is 1. The third kappa shape index (κ3) is 3.88. The minimum absolute atomic E-state index is 0.0345. The van der Waals surface area contributed by atoms with Gasteiger partial charge in [-0.05, 0) is 12.0 Å². The van der Waals surface area contributed by atoms with Crippen molar-refractivity contribution in [1.82, 2.24) is 9.88 Å². The lowest BCUT2D eigenvalue weighted by Crippen LogP contribution is -2.29. The van der Waals surface area contributed by atoms with Gasteiger partial charge in [-0.3, -0.25) is 4.79 Å². The van der Waals surface area contributed by atoms with Gasteiger partial charge in [0.25, 0.3) is 5.91 Å². The average Bonchev–Trinajstić information content (AvgIpc) is 2.94. The molecule has 106 valence electrons. The number of thiazole rings is 1. The van der Waals surface area contributed by atoms with Crippen molar-refractivity contribution >= 4 is 17.2 Å². The Kier molecular flexibility index (Phi) is 5.26. The second-order valence-corrected chi connectivity index (χ2v) is 5.51. The van der Waals surface area contributed by atoms with E-state index in [4.69, 9.17) is 5.11 Å². The Morgan fingerprint density at radius 2 is 2.05 bits per heavy atom. The molecule has 4 nitrogen and oxygen atoms in total. The van der Waals surface area contributed by atoms with Gasteiger partial charge in [-0.15, -0.1) is 11.3 Å². The van der Waals surface area contributed by atoms with Gasteiger partial charge in [-0.2, -0.15) is 0 Å². The molecule has 0 atom stereocenters. The number of aromatic nitrogens is 1. The number of likely N-dealkylation sites (N-methyl/N-ethyl adjacent to an activating group) is 1. The summed E-state index contributed by atoms with van der Waals surface area (Å²) < 4.78 is 0. The molecule has 1 N–H and O–H groups in total. The van der Waals surface area contributed by atoms with E-state index in [1.54, 1.807) is 12.4 Å². The molecule has 20 heavy (non-hydrogen) atoms. The number of amides is 1. The first-order chi connectivity index (χ1) is 9.70. The average molecular weight is 290 g/mol. The van der Waals surface area contributed by atoms with Gasteiger partial charge in [0.15, 0.2) is 0 Å². The maximum absolute atomic E-state index is 12.0. The molecule has 0 radical (unpaired) electrons. The largest absolute Gasteiger partial charge is 0.395 e. The highest BCUT2D eigenvalue weighted by Crippen LogP contribution is 2.14. The summed E-state index contributed by atoms with van der Waals surface area (Å²) in [5, 5.41) is 11.6. The van der Waals surface area contributed by atoms with Crippen LogP contribution in [-0.4, -0.2) is 41.1 Å². The fourth-order valence-electron chi connectivity index (χ4n) is 1.87. The van der Waals surface area contributed by atoms with E-state index in [0.29, 0.717) is 12.2 Å². The van der Waals surface area contributed by atoms with Gasteiger partial charge in [0.2, 0.25) is 0 Å². The van der Waals surface area contributed by atoms with Crippen LogP contribution >= 0.6 is 11.3 Å². The summed E-state index contributed by atoms with van der Waals surface area (Å²) in [6.45, 7) is 0.295. The number of benzene rings is 1. The van der Waals surface area contributed by atoms with Crippen molar-refractivity contribution < 1.29 is 9.90 Å². The van der Waals surface area contributed by atoms with Crippen LogP contribution in [0.3, 0.4) is 0 Å². The van der Waals surface area contributed by atoms with E-state index in [1.165, 1.54) is 21.8 Å². The van der Waals surface area contributed by atoms with Gasteiger partial charge in [-0.25, -0.2) is 4.98 Å². The molecule has 0 fully saturated rings. The first kappa shape index (κ1) is 14.7. The first-order valence-electron chi connectivity index (χ1n) is 6.55. The summed E-state index contributed by atoms with van der Waals surface area (Å²) >= 11 is 1.51. The van der Waals surface area contributed by atoms with Crippen molar-refractivity contribution in [2.24, 2.45) is 0 Å². The van der Waals surface area contributed by atoms with Gasteiger partial charge in [0, 0.05) is 25.4 Å². The molecule has 0 aliphatic rings.